The van der Waals surface area contributed by atoms with E-state index in [2.05, 4.69) is 15.5 Å². The Labute approximate surface area is 181 Å². The van der Waals surface area contributed by atoms with Gasteiger partial charge in [-0.2, -0.15) is 0 Å². The number of rotatable bonds is 12. The van der Waals surface area contributed by atoms with E-state index in [0.717, 1.165) is 90.1 Å². The molecular weight excluding hydrogens is 380 g/mol. The number of aliphatic imine (C=N–C) groups is 1. The molecule has 1 aliphatic carbocycles. The first-order chi connectivity index (χ1) is 14.8. The fraction of sp³-hybridized carbons (Fsp3) is 0.783. The van der Waals surface area contributed by atoms with Gasteiger partial charge in [0.25, 0.3) is 0 Å². The lowest BCUT2D eigenvalue weighted by molar-refractivity contribution is 0.0376. The van der Waals surface area contributed by atoms with Gasteiger partial charge in [0.15, 0.2) is 5.96 Å². The van der Waals surface area contributed by atoms with Gasteiger partial charge in [-0.05, 0) is 49.8 Å². The number of ether oxygens (including phenoxy) is 2. The molecule has 2 fully saturated rings. The minimum Gasteiger partial charge on any atom is -0.469 e. The normalized spacial score (nSPS) is 19.8. The number of nitrogens with one attached hydrogen (secondary N) is 2. The van der Waals surface area contributed by atoms with E-state index in [0.29, 0.717) is 5.41 Å². The van der Waals surface area contributed by atoms with E-state index in [1.807, 2.05) is 12.1 Å². The molecule has 7 nitrogen and oxygen atoms in total. The van der Waals surface area contributed by atoms with Gasteiger partial charge in [-0.25, -0.2) is 0 Å². The third-order valence-electron chi connectivity index (χ3n) is 6.36. The molecule has 1 saturated carbocycles. The maximum absolute atomic E-state index is 5.45. The minimum absolute atomic E-state index is 0.305. The summed E-state index contributed by atoms with van der Waals surface area (Å²) in [4.78, 5) is 7.49. The molecule has 7 heteroatoms. The van der Waals surface area contributed by atoms with Gasteiger partial charge in [0.05, 0.1) is 19.5 Å². The number of hydrogen-bond donors (Lipinski definition) is 2. The Bertz CT molecular complexity index is 594. The van der Waals surface area contributed by atoms with E-state index in [1.54, 1.807) is 13.4 Å². The van der Waals surface area contributed by atoms with Gasteiger partial charge in [0.1, 0.15) is 5.76 Å². The smallest absolute Gasteiger partial charge is 0.191 e. The van der Waals surface area contributed by atoms with Crippen LogP contribution in [0, 0.1) is 5.41 Å². The van der Waals surface area contributed by atoms with Crippen LogP contribution in [-0.2, 0) is 15.9 Å². The van der Waals surface area contributed by atoms with Crippen molar-refractivity contribution < 1.29 is 13.9 Å². The maximum atomic E-state index is 5.45. The average molecular weight is 421 g/mol. The first kappa shape index (κ1) is 23.1. The molecule has 2 heterocycles. The van der Waals surface area contributed by atoms with Gasteiger partial charge >= 0.3 is 0 Å². The molecule has 3 rings (SSSR count). The number of guanidine groups is 1. The summed E-state index contributed by atoms with van der Waals surface area (Å²) < 4.78 is 16.3. The highest BCUT2D eigenvalue weighted by Gasteiger charge is 2.33. The molecular formula is C23H40N4O3. The Morgan fingerprint density at radius 3 is 2.73 bits per heavy atom. The molecule has 1 aromatic heterocycles. The lowest BCUT2D eigenvalue weighted by atomic mass is 9.83. The van der Waals surface area contributed by atoms with Crippen molar-refractivity contribution in [2.45, 2.75) is 44.9 Å². The van der Waals surface area contributed by atoms with E-state index < -0.39 is 0 Å². The van der Waals surface area contributed by atoms with Crippen LogP contribution in [0.4, 0.5) is 0 Å². The van der Waals surface area contributed by atoms with Gasteiger partial charge in [-0.3, -0.25) is 9.89 Å². The third kappa shape index (κ3) is 7.93. The standard InChI is InChI=1S/C23H40N4O3/c1-28-17-10-23(8-2-3-9-23)20-26-22(25-12-7-21-6-4-16-30-21)24-11-5-13-27-14-18-29-19-15-27/h4,6,16H,2-3,5,7-15,17-20H2,1H3,(H2,24,25,26). The zero-order valence-electron chi connectivity index (χ0n) is 18.7. The van der Waals surface area contributed by atoms with Crippen molar-refractivity contribution in [2.24, 2.45) is 10.4 Å². The second-order valence-corrected chi connectivity index (χ2v) is 8.61. The van der Waals surface area contributed by atoms with Crippen LogP contribution in [0.25, 0.3) is 0 Å². The summed E-state index contributed by atoms with van der Waals surface area (Å²) in [6.45, 7) is 8.35. The van der Waals surface area contributed by atoms with Crippen LogP contribution in [0.2, 0.25) is 0 Å². The molecule has 0 bridgehead atoms. The summed E-state index contributed by atoms with van der Waals surface area (Å²) >= 11 is 0. The predicted molar refractivity (Wildman–Crippen MR) is 120 cm³/mol. The highest BCUT2D eigenvalue weighted by Crippen LogP contribution is 2.41. The molecule has 30 heavy (non-hydrogen) atoms. The molecule has 0 spiro atoms. The molecule has 0 unspecified atom stereocenters. The van der Waals surface area contributed by atoms with Crippen molar-refractivity contribution in [3.8, 4) is 0 Å². The SMILES string of the molecule is COCCC1(CN=C(NCCCN2CCOCC2)NCCc2ccco2)CCCC1. The van der Waals surface area contributed by atoms with Crippen molar-refractivity contribution in [1.82, 2.24) is 15.5 Å². The fourth-order valence-electron chi connectivity index (χ4n) is 4.44. The lowest BCUT2D eigenvalue weighted by Crippen LogP contribution is -2.42. The Hall–Kier alpha value is -1.57. The number of morpholine rings is 1. The fourth-order valence-corrected chi connectivity index (χ4v) is 4.44. The third-order valence-corrected chi connectivity index (χ3v) is 6.36. The zero-order valence-corrected chi connectivity index (χ0v) is 18.7. The first-order valence-electron chi connectivity index (χ1n) is 11.6. The van der Waals surface area contributed by atoms with E-state index >= 15 is 0 Å². The number of hydrogen-bond acceptors (Lipinski definition) is 5. The molecule has 0 amide bonds. The summed E-state index contributed by atoms with van der Waals surface area (Å²) in [6.07, 6.45) is 9.94. The number of methoxy groups -OCH3 is 1. The Balaban J connectivity index is 1.48. The van der Waals surface area contributed by atoms with Crippen molar-refractivity contribution in [1.29, 1.82) is 0 Å². The second-order valence-electron chi connectivity index (χ2n) is 8.61. The van der Waals surface area contributed by atoms with Crippen LogP contribution < -0.4 is 10.6 Å². The highest BCUT2D eigenvalue weighted by atomic mass is 16.5. The Morgan fingerprint density at radius 1 is 1.20 bits per heavy atom. The maximum Gasteiger partial charge on any atom is 0.191 e. The molecule has 170 valence electrons. The molecule has 1 aliphatic heterocycles. The number of nitrogens with zero attached hydrogens (tertiary/aromatic N) is 2. The van der Waals surface area contributed by atoms with Crippen molar-refractivity contribution in [2.75, 3.05) is 66.2 Å². The molecule has 0 aromatic carbocycles. The summed E-state index contributed by atoms with van der Waals surface area (Å²) in [5, 5.41) is 7.06. The van der Waals surface area contributed by atoms with E-state index in [4.69, 9.17) is 18.9 Å². The van der Waals surface area contributed by atoms with E-state index in [-0.39, 0.29) is 0 Å². The van der Waals surface area contributed by atoms with Crippen LogP contribution in [0.15, 0.2) is 27.8 Å². The molecule has 2 aliphatic rings. The van der Waals surface area contributed by atoms with Crippen molar-refractivity contribution >= 4 is 5.96 Å². The monoisotopic (exact) mass is 420 g/mol. The van der Waals surface area contributed by atoms with E-state index in [9.17, 15) is 0 Å². The summed E-state index contributed by atoms with van der Waals surface area (Å²) in [6, 6.07) is 3.96. The molecule has 2 N–H and O–H groups in total. The van der Waals surface area contributed by atoms with Crippen molar-refractivity contribution in [3.05, 3.63) is 24.2 Å². The van der Waals surface area contributed by atoms with Gasteiger partial charge in [-0.15, -0.1) is 0 Å². The first-order valence-corrected chi connectivity index (χ1v) is 11.6. The summed E-state index contributed by atoms with van der Waals surface area (Å²) in [7, 11) is 1.80. The molecule has 0 atom stereocenters. The second kappa shape index (κ2) is 13.0. The van der Waals surface area contributed by atoms with Crippen LogP contribution in [0.1, 0.15) is 44.3 Å². The highest BCUT2D eigenvalue weighted by molar-refractivity contribution is 5.79. The zero-order chi connectivity index (χ0) is 20.9. The van der Waals surface area contributed by atoms with Crippen molar-refractivity contribution in [3.63, 3.8) is 0 Å². The summed E-state index contributed by atoms with van der Waals surface area (Å²) in [5.41, 5.74) is 0.305. The average Bonchev–Trinajstić information content (AvgIpc) is 3.46. The summed E-state index contributed by atoms with van der Waals surface area (Å²) in [5.74, 6) is 1.92. The van der Waals surface area contributed by atoms with Crippen LogP contribution >= 0.6 is 0 Å². The number of furan rings is 1. The predicted octanol–water partition coefficient (Wildman–Crippen LogP) is 2.68. The molecule has 0 radical (unpaired) electrons. The van der Waals surface area contributed by atoms with Crippen LogP contribution in [0.5, 0.6) is 0 Å². The van der Waals surface area contributed by atoms with Gasteiger partial charge in [0, 0.05) is 52.9 Å². The lowest BCUT2D eigenvalue weighted by Gasteiger charge is -2.28. The van der Waals surface area contributed by atoms with Gasteiger partial charge in [-0.1, -0.05) is 12.8 Å². The molecule has 1 aromatic rings. The Kier molecular flexibility index (Phi) is 9.99. The topological polar surface area (TPSA) is 71.3 Å². The minimum atomic E-state index is 0.305. The largest absolute Gasteiger partial charge is 0.469 e. The van der Waals surface area contributed by atoms with E-state index in [1.165, 1.54) is 25.7 Å². The quantitative estimate of drug-likeness (QED) is 0.308. The Morgan fingerprint density at radius 2 is 2.00 bits per heavy atom. The van der Waals surface area contributed by atoms with Crippen LogP contribution in [-0.4, -0.2) is 77.1 Å². The van der Waals surface area contributed by atoms with Gasteiger partial charge < -0.3 is 24.5 Å². The van der Waals surface area contributed by atoms with Crippen LogP contribution in [0.3, 0.4) is 0 Å². The van der Waals surface area contributed by atoms with Gasteiger partial charge in [0.2, 0.25) is 0 Å². The molecule has 1 saturated heterocycles.